The molecule has 0 aromatic heterocycles. The van der Waals surface area contributed by atoms with E-state index in [9.17, 15) is 9.59 Å². The van der Waals surface area contributed by atoms with Crippen molar-refractivity contribution in [1.82, 2.24) is 4.90 Å². The fourth-order valence-corrected chi connectivity index (χ4v) is 3.71. The van der Waals surface area contributed by atoms with Gasteiger partial charge in [-0.15, -0.1) is 0 Å². The van der Waals surface area contributed by atoms with Crippen LogP contribution in [-0.2, 0) is 9.59 Å². The van der Waals surface area contributed by atoms with E-state index in [-0.39, 0.29) is 17.7 Å². The summed E-state index contributed by atoms with van der Waals surface area (Å²) in [4.78, 5) is 26.8. The minimum Gasteiger partial charge on any atom is -0.326 e. The number of benzene rings is 2. The molecule has 2 aromatic carbocycles. The number of hydrogen-bond donors (Lipinski definition) is 2. The van der Waals surface area contributed by atoms with Crippen LogP contribution in [0.15, 0.2) is 48.5 Å². The number of nitrogens with zero attached hydrogens (tertiary/aromatic N) is 1. The van der Waals surface area contributed by atoms with Crippen molar-refractivity contribution in [3.63, 3.8) is 0 Å². The molecule has 1 aliphatic heterocycles. The largest absolute Gasteiger partial charge is 0.326 e. The number of para-hydroxylation sites is 1. The predicted molar refractivity (Wildman–Crippen MR) is 117 cm³/mol. The number of likely N-dealkylation sites (tertiary alicyclic amines) is 1. The van der Waals surface area contributed by atoms with Crippen LogP contribution in [0.3, 0.4) is 0 Å². The standard InChI is InChI=1S/C21H24IN3O2/c1-15-7-8-18(13-19(15)22)23-20(26)14-25-11-9-16(10-12-25)21(27)24-17-5-3-2-4-6-17/h2-8,13,16H,9-12,14H2,1H3,(H,23,26)(H,24,27). The summed E-state index contributed by atoms with van der Waals surface area (Å²) in [6.07, 6.45) is 1.54. The van der Waals surface area contributed by atoms with Gasteiger partial charge >= 0.3 is 0 Å². The van der Waals surface area contributed by atoms with Crippen molar-refractivity contribution in [3.8, 4) is 0 Å². The Morgan fingerprint density at radius 1 is 1.04 bits per heavy atom. The van der Waals surface area contributed by atoms with Crippen molar-refractivity contribution in [2.45, 2.75) is 19.8 Å². The Morgan fingerprint density at radius 3 is 2.41 bits per heavy atom. The number of carbonyl (C=O) groups is 2. The minimum atomic E-state index is -0.0122. The number of halogens is 1. The molecule has 2 N–H and O–H groups in total. The molecule has 0 aliphatic carbocycles. The lowest BCUT2D eigenvalue weighted by Gasteiger charge is -2.30. The van der Waals surface area contributed by atoms with E-state index in [1.807, 2.05) is 55.5 Å². The van der Waals surface area contributed by atoms with Gasteiger partial charge in [0, 0.05) is 20.9 Å². The lowest BCUT2D eigenvalue weighted by atomic mass is 9.96. The fourth-order valence-electron chi connectivity index (χ4n) is 3.19. The first-order chi connectivity index (χ1) is 13.0. The molecule has 1 aliphatic rings. The molecule has 0 bridgehead atoms. The third-order valence-corrected chi connectivity index (χ3v) is 5.98. The van der Waals surface area contributed by atoms with Crippen molar-refractivity contribution in [2.75, 3.05) is 30.3 Å². The highest BCUT2D eigenvalue weighted by molar-refractivity contribution is 14.1. The number of rotatable bonds is 5. The van der Waals surface area contributed by atoms with Crippen molar-refractivity contribution in [1.29, 1.82) is 0 Å². The first kappa shape index (κ1) is 19.8. The summed E-state index contributed by atoms with van der Waals surface area (Å²) < 4.78 is 1.13. The van der Waals surface area contributed by atoms with Gasteiger partial charge in [0.2, 0.25) is 11.8 Å². The lowest BCUT2D eigenvalue weighted by molar-refractivity contribution is -0.121. The van der Waals surface area contributed by atoms with Crippen LogP contribution >= 0.6 is 22.6 Å². The Bertz CT molecular complexity index is 802. The SMILES string of the molecule is Cc1ccc(NC(=O)CN2CCC(C(=O)Nc3ccccc3)CC2)cc1I. The second-order valence-corrected chi connectivity index (χ2v) is 8.08. The third kappa shape index (κ3) is 5.77. The zero-order chi connectivity index (χ0) is 19.2. The average molecular weight is 477 g/mol. The van der Waals surface area contributed by atoms with E-state index in [4.69, 9.17) is 0 Å². The van der Waals surface area contributed by atoms with Gasteiger partial charge < -0.3 is 10.6 Å². The van der Waals surface area contributed by atoms with Crippen LogP contribution in [0.25, 0.3) is 0 Å². The minimum absolute atomic E-state index is 0.00296. The van der Waals surface area contributed by atoms with Crippen LogP contribution in [0.4, 0.5) is 11.4 Å². The maximum absolute atomic E-state index is 12.4. The second kappa shape index (κ2) is 9.32. The molecule has 1 fully saturated rings. The number of hydrogen-bond acceptors (Lipinski definition) is 3. The smallest absolute Gasteiger partial charge is 0.238 e. The van der Waals surface area contributed by atoms with Crippen molar-refractivity contribution < 1.29 is 9.59 Å². The molecule has 0 atom stereocenters. The molecule has 1 heterocycles. The fraction of sp³-hybridized carbons (Fsp3) is 0.333. The number of anilines is 2. The maximum atomic E-state index is 12.4. The Kier molecular flexibility index (Phi) is 6.84. The van der Waals surface area contributed by atoms with Crippen molar-refractivity contribution in [2.24, 2.45) is 5.92 Å². The molecular weight excluding hydrogens is 453 g/mol. The maximum Gasteiger partial charge on any atom is 0.238 e. The average Bonchev–Trinajstić information content (AvgIpc) is 2.66. The molecule has 5 nitrogen and oxygen atoms in total. The highest BCUT2D eigenvalue weighted by Crippen LogP contribution is 2.20. The Hall–Kier alpha value is -1.93. The van der Waals surface area contributed by atoms with E-state index in [0.717, 1.165) is 40.9 Å². The number of carbonyl (C=O) groups excluding carboxylic acids is 2. The molecular formula is C21H24IN3O2. The van der Waals surface area contributed by atoms with Gasteiger partial charge in [0.25, 0.3) is 0 Å². The van der Waals surface area contributed by atoms with E-state index >= 15 is 0 Å². The van der Waals surface area contributed by atoms with Gasteiger partial charge in [-0.1, -0.05) is 24.3 Å². The summed E-state index contributed by atoms with van der Waals surface area (Å²) in [7, 11) is 0. The zero-order valence-corrected chi connectivity index (χ0v) is 17.5. The molecule has 0 saturated carbocycles. The van der Waals surface area contributed by atoms with Gasteiger partial charge in [0.15, 0.2) is 0 Å². The Morgan fingerprint density at radius 2 is 1.74 bits per heavy atom. The van der Waals surface area contributed by atoms with E-state index in [2.05, 4.69) is 38.1 Å². The lowest BCUT2D eigenvalue weighted by Crippen LogP contribution is -2.41. The van der Waals surface area contributed by atoms with E-state index < -0.39 is 0 Å². The first-order valence-electron chi connectivity index (χ1n) is 9.15. The van der Waals surface area contributed by atoms with Crippen LogP contribution in [-0.4, -0.2) is 36.3 Å². The van der Waals surface area contributed by atoms with Gasteiger partial charge in [0.05, 0.1) is 6.54 Å². The molecule has 3 rings (SSSR count). The highest BCUT2D eigenvalue weighted by Gasteiger charge is 2.26. The summed E-state index contributed by atoms with van der Waals surface area (Å²) in [6, 6.07) is 15.4. The zero-order valence-electron chi connectivity index (χ0n) is 15.4. The molecule has 0 unspecified atom stereocenters. The summed E-state index contributed by atoms with van der Waals surface area (Å²) >= 11 is 2.27. The van der Waals surface area contributed by atoms with Gasteiger partial charge in [-0.3, -0.25) is 14.5 Å². The highest BCUT2D eigenvalue weighted by atomic mass is 127. The van der Waals surface area contributed by atoms with E-state index in [1.54, 1.807) is 0 Å². The molecule has 1 saturated heterocycles. The topological polar surface area (TPSA) is 61.4 Å². The van der Waals surface area contributed by atoms with Crippen molar-refractivity contribution >= 4 is 45.8 Å². The number of aryl methyl sites for hydroxylation is 1. The normalized spacial score (nSPS) is 15.3. The predicted octanol–water partition coefficient (Wildman–Crippen LogP) is 3.89. The molecule has 27 heavy (non-hydrogen) atoms. The third-order valence-electron chi connectivity index (χ3n) is 4.82. The monoisotopic (exact) mass is 477 g/mol. The van der Waals surface area contributed by atoms with Crippen LogP contribution in [0.1, 0.15) is 18.4 Å². The summed E-state index contributed by atoms with van der Waals surface area (Å²) in [5.74, 6) is 0.0598. The van der Waals surface area contributed by atoms with Crippen LogP contribution in [0.5, 0.6) is 0 Å². The summed E-state index contributed by atoms with van der Waals surface area (Å²) in [6.45, 7) is 3.92. The Labute approximate surface area is 173 Å². The van der Waals surface area contributed by atoms with Gasteiger partial charge in [-0.2, -0.15) is 0 Å². The summed E-state index contributed by atoms with van der Waals surface area (Å²) in [5.41, 5.74) is 2.86. The van der Waals surface area contributed by atoms with Gasteiger partial charge in [-0.25, -0.2) is 0 Å². The van der Waals surface area contributed by atoms with E-state index in [0.29, 0.717) is 6.54 Å². The van der Waals surface area contributed by atoms with Crippen LogP contribution in [0, 0.1) is 16.4 Å². The quantitative estimate of drug-likeness (QED) is 0.643. The molecule has 0 spiro atoms. The Balaban J connectivity index is 1.44. The van der Waals surface area contributed by atoms with Gasteiger partial charge in [-0.05, 0) is 85.3 Å². The number of piperidine rings is 1. The van der Waals surface area contributed by atoms with Gasteiger partial charge in [0.1, 0.15) is 0 Å². The number of nitrogens with one attached hydrogen (secondary N) is 2. The molecule has 6 heteroatoms. The summed E-state index contributed by atoms with van der Waals surface area (Å²) in [5, 5.41) is 5.93. The molecule has 2 aromatic rings. The second-order valence-electron chi connectivity index (χ2n) is 6.92. The molecule has 2 amide bonds. The van der Waals surface area contributed by atoms with Crippen LogP contribution < -0.4 is 10.6 Å². The molecule has 142 valence electrons. The van der Waals surface area contributed by atoms with Crippen molar-refractivity contribution in [3.05, 3.63) is 57.7 Å². The number of amides is 2. The van der Waals surface area contributed by atoms with Crippen LogP contribution in [0.2, 0.25) is 0 Å². The van der Waals surface area contributed by atoms with E-state index in [1.165, 1.54) is 5.56 Å². The molecule has 0 radical (unpaired) electrons. The first-order valence-corrected chi connectivity index (χ1v) is 10.2.